The Labute approximate surface area is 108 Å². The van der Waals surface area contributed by atoms with E-state index >= 15 is 0 Å². The van der Waals surface area contributed by atoms with Crippen molar-refractivity contribution in [2.75, 3.05) is 0 Å². The van der Waals surface area contributed by atoms with Crippen LogP contribution in [0, 0.1) is 17.8 Å². The van der Waals surface area contributed by atoms with Crippen LogP contribution in [0.5, 0.6) is 0 Å². The number of unbranched alkanes of at least 4 members (excludes halogenated alkanes) is 1. The first-order chi connectivity index (χ1) is 8.17. The van der Waals surface area contributed by atoms with Gasteiger partial charge in [0.1, 0.15) is 0 Å². The monoisotopic (exact) mass is 240 g/mol. The largest absolute Gasteiger partial charge is 0.271 e. The van der Waals surface area contributed by atoms with Gasteiger partial charge >= 0.3 is 0 Å². The van der Waals surface area contributed by atoms with E-state index in [1.165, 1.54) is 51.4 Å². The summed E-state index contributed by atoms with van der Waals surface area (Å²) in [4.78, 5) is 0. The molecule has 0 amide bonds. The van der Waals surface area contributed by atoms with Crippen LogP contribution in [0.1, 0.15) is 72.1 Å². The fraction of sp³-hybridized carbons (Fsp3) is 1.00. The standard InChI is InChI=1S/C15H32N2/c1-4-5-6-13-7-9-14(10-8-13)15(17-16)11-12(2)3/h12-15,17H,4-11,16H2,1-3H3. The molecule has 17 heavy (non-hydrogen) atoms. The molecule has 2 heteroatoms. The van der Waals surface area contributed by atoms with Crippen molar-refractivity contribution in [1.82, 2.24) is 5.43 Å². The molecule has 1 unspecified atom stereocenters. The predicted octanol–water partition coefficient (Wildman–Crippen LogP) is 3.86. The highest BCUT2D eigenvalue weighted by Crippen LogP contribution is 2.34. The zero-order chi connectivity index (χ0) is 12.7. The molecule has 0 saturated heterocycles. The molecular formula is C15H32N2. The molecule has 102 valence electrons. The summed E-state index contributed by atoms with van der Waals surface area (Å²) in [5.74, 6) is 8.28. The topological polar surface area (TPSA) is 38.0 Å². The first kappa shape index (κ1) is 15.0. The zero-order valence-electron chi connectivity index (χ0n) is 12.0. The van der Waals surface area contributed by atoms with E-state index in [2.05, 4.69) is 26.2 Å². The van der Waals surface area contributed by atoms with Crippen LogP contribution in [0.4, 0.5) is 0 Å². The van der Waals surface area contributed by atoms with Gasteiger partial charge in [0, 0.05) is 6.04 Å². The van der Waals surface area contributed by atoms with Crippen LogP contribution in [0.15, 0.2) is 0 Å². The van der Waals surface area contributed by atoms with E-state index in [9.17, 15) is 0 Å². The van der Waals surface area contributed by atoms with E-state index in [0.717, 1.165) is 17.8 Å². The summed E-state index contributed by atoms with van der Waals surface area (Å²) in [6.45, 7) is 6.87. The maximum absolute atomic E-state index is 5.72. The Hall–Kier alpha value is -0.0800. The molecule has 1 fully saturated rings. The Kier molecular flexibility index (Phi) is 7.14. The lowest BCUT2D eigenvalue weighted by molar-refractivity contribution is 0.197. The molecular weight excluding hydrogens is 208 g/mol. The van der Waals surface area contributed by atoms with Crippen LogP contribution in [-0.4, -0.2) is 6.04 Å². The number of nitrogens with two attached hydrogens (primary N) is 1. The minimum atomic E-state index is 0.544. The number of hydrogen-bond donors (Lipinski definition) is 2. The fourth-order valence-corrected chi connectivity index (χ4v) is 3.28. The molecule has 0 aromatic rings. The number of nitrogens with one attached hydrogen (secondary N) is 1. The molecule has 0 bridgehead atoms. The van der Waals surface area contributed by atoms with Crippen molar-refractivity contribution in [1.29, 1.82) is 0 Å². The van der Waals surface area contributed by atoms with Crippen LogP contribution < -0.4 is 11.3 Å². The summed E-state index contributed by atoms with van der Waals surface area (Å²) >= 11 is 0. The second kappa shape index (κ2) is 8.10. The van der Waals surface area contributed by atoms with E-state index in [-0.39, 0.29) is 0 Å². The lowest BCUT2D eigenvalue weighted by Gasteiger charge is -2.34. The summed E-state index contributed by atoms with van der Waals surface area (Å²) in [5.41, 5.74) is 3.06. The Bertz CT molecular complexity index is 183. The van der Waals surface area contributed by atoms with Gasteiger partial charge in [-0.05, 0) is 37.0 Å². The molecule has 1 rings (SSSR count). The Balaban J connectivity index is 2.29. The molecule has 3 N–H and O–H groups in total. The van der Waals surface area contributed by atoms with Crippen molar-refractivity contribution in [3.63, 3.8) is 0 Å². The van der Waals surface area contributed by atoms with Crippen molar-refractivity contribution in [3.8, 4) is 0 Å². The van der Waals surface area contributed by atoms with Gasteiger partial charge in [-0.1, -0.05) is 52.9 Å². The zero-order valence-corrected chi connectivity index (χ0v) is 12.0. The van der Waals surface area contributed by atoms with Gasteiger partial charge in [0.15, 0.2) is 0 Å². The van der Waals surface area contributed by atoms with E-state index < -0.39 is 0 Å². The molecule has 0 heterocycles. The Morgan fingerprint density at radius 2 is 1.82 bits per heavy atom. The average Bonchev–Trinajstić information content (AvgIpc) is 2.34. The first-order valence-electron chi connectivity index (χ1n) is 7.63. The summed E-state index contributed by atoms with van der Waals surface area (Å²) in [6, 6.07) is 0.544. The predicted molar refractivity (Wildman–Crippen MR) is 75.5 cm³/mol. The second-order valence-corrected chi connectivity index (χ2v) is 6.33. The average molecular weight is 240 g/mol. The van der Waals surface area contributed by atoms with E-state index in [4.69, 9.17) is 5.84 Å². The van der Waals surface area contributed by atoms with Gasteiger partial charge < -0.3 is 0 Å². The number of hydrazine groups is 1. The van der Waals surface area contributed by atoms with Gasteiger partial charge in [-0.2, -0.15) is 0 Å². The second-order valence-electron chi connectivity index (χ2n) is 6.33. The summed E-state index contributed by atoms with van der Waals surface area (Å²) in [5, 5.41) is 0. The van der Waals surface area contributed by atoms with E-state index in [0.29, 0.717) is 6.04 Å². The molecule has 1 saturated carbocycles. The molecule has 1 atom stereocenters. The summed E-state index contributed by atoms with van der Waals surface area (Å²) in [7, 11) is 0. The van der Waals surface area contributed by atoms with Gasteiger partial charge in [-0.3, -0.25) is 11.3 Å². The molecule has 0 spiro atoms. The lowest BCUT2D eigenvalue weighted by Crippen LogP contribution is -2.43. The van der Waals surface area contributed by atoms with Gasteiger partial charge in [0.25, 0.3) is 0 Å². The highest BCUT2D eigenvalue weighted by atomic mass is 15.2. The molecule has 0 radical (unpaired) electrons. The minimum absolute atomic E-state index is 0.544. The highest BCUT2D eigenvalue weighted by molar-refractivity contribution is 4.81. The third kappa shape index (κ3) is 5.39. The summed E-state index contributed by atoms with van der Waals surface area (Å²) < 4.78 is 0. The highest BCUT2D eigenvalue weighted by Gasteiger charge is 2.27. The van der Waals surface area contributed by atoms with Crippen LogP contribution in [0.3, 0.4) is 0 Å². The smallest absolute Gasteiger partial charge is 0.0241 e. The van der Waals surface area contributed by atoms with E-state index in [1.54, 1.807) is 0 Å². The van der Waals surface area contributed by atoms with Crippen molar-refractivity contribution in [3.05, 3.63) is 0 Å². The summed E-state index contributed by atoms with van der Waals surface area (Å²) in [6.07, 6.45) is 11.1. The Morgan fingerprint density at radius 1 is 1.18 bits per heavy atom. The lowest BCUT2D eigenvalue weighted by atomic mass is 9.75. The van der Waals surface area contributed by atoms with Crippen LogP contribution in [0.2, 0.25) is 0 Å². The molecule has 2 nitrogen and oxygen atoms in total. The molecule has 1 aliphatic carbocycles. The normalized spacial score (nSPS) is 27.4. The van der Waals surface area contributed by atoms with Crippen LogP contribution >= 0.6 is 0 Å². The molecule has 0 aromatic heterocycles. The number of rotatable bonds is 7. The maximum atomic E-state index is 5.72. The minimum Gasteiger partial charge on any atom is -0.271 e. The first-order valence-corrected chi connectivity index (χ1v) is 7.63. The van der Waals surface area contributed by atoms with Crippen LogP contribution in [-0.2, 0) is 0 Å². The van der Waals surface area contributed by atoms with Gasteiger partial charge in [0.05, 0.1) is 0 Å². The van der Waals surface area contributed by atoms with Crippen molar-refractivity contribution in [2.24, 2.45) is 23.6 Å². The quantitative estimate of drug-likeness (QED) is 0.524. The van der Waals surface area contributed by atoms with Gasteiger partial charge in [-0.15, -0.1) is 0 Å². The third-order valence-corrected chi connectivity index (χ3v) is 4.37. The maximum Gasteiger partial charge on any atom is 0.0241 e. The Morgan fingerprint density at radius 3 is 2.29 bits per heavy atom. The van der Waals surface area contributed by atoms with Crippen LogP contribution in [0.25, 0.3) is 0 Å². The molecule has 0 aromatic carbocycles. The third-order valence-electron chi connectivity index (χ3n) is 4.37. The van der Waals surface area contributed by atoms with Crippen molar-refractivity contribution < 1.29 is 0 Å². The molecule has 0 aliphatic heterocycles. The fourth-order valence-electron chi connectivity index (χ4n) is 3.28. The van der Waals surface area contributed by atoms with E-state index in [1.807, 2.05) is 0 Å². The molecule has 1 aliphatic rings. The van der Waals surface area contributed by atoms with Gasteiger partial charge in [0.2, 0.25) is 0 Å². The number of hydrogen-bond acceptors (Lipinski definition) is 2. The van der Waals surface area contributed by atoms with Crippen molar-refractivity contribution >= 4 is 0 Å². The van der Waals surface area contributed by atoms with Crippen molar-refractivity contribution in [2.45, 2.75) is 78.2 Å². The van der Waals surface area contributed by atoms with Gasteiger partial charge in [-0.25, -0.2) is 0 Å². The SMILES string of the molecule is CCCCC1CCC(C(CC(C)C)NN)CC1.